The van der Waals surface area contributed by atoms with Crippen LogP contribution in [0, 0.1) is 0 Å². The van der Waals surface area contributed by atoms with Gasteiger partial charge in [-0.2, -0.15) is 5.10 Å². The van der Waals surface area contributed by atoms with Crippen LogP contribution in [0.25, 0.3) is 5.95 Å². The fraction of sp³-hybridized carbons (Fsp3) is 0.176. The molecule has 0 aliphatic heterocycles. The Kier molecular flexibility index (Phi) is 4.89. The number of allylic oxidation sites excluding steroid dienone is 5. The molecule has 0 saturated heterocycles. The highest BCUT2D eigenvalue weighted by Gasteiger charge is 2.13. The van der Waals surface area contributed by atoms with Gasteiger partial charge >= 0.3 is 6.03 Å². The highest BCUT2D eigenvalue weighted by molar-refractivity contribution is 5.89. The molecule has 8 nitrogen and oxygen atoms in total. The summed E-state index contributed by atoms with van der Waals surface area (Å²) in [6.07, 6.45) is 15.1. The molecule has 2 heterocycles. The number of carbonyl (C=O) groups is 1. The predicted octanol–water partition coefficient (Wildman–Crippen LogP) is 1.91. The Hall–Kier alpha value is -3.42. The van der Waals surface area contributed by atoms with Crippen molar-refractivity contribution in [3.63, 3.8) is 0 Å². The van der Waals surface area contributed by atoms with E-state index in [4.69, 9.17) is 0 Å². The Labute approximate surface area is 144 Å². The molecule has 1 unspecified atom stereocenters. The molecule has 25 heavy (non-hydrogen) atoms. The lowest BCUT2D eigenvalue weighted by atomic mass is 10.1. The molecule has 0 fully saturated rings. The third-order valence-corrected chi connectivity index (χ3v) is 3.68. The Bertz CT molecular complexity index is 892. The average Bonchev–Trinajstić information content (AvgIpc) is 2.98. The van der Waals surface area contributed by atoms with Crippen LogP contribution >= 0.6 is 0 Å². The molecule has 0 bridgehead atoms. The van der Waals surface area contributed by atoms with Gasteiger partial charge in [0.15, 0.2) is 0 Å². The summed E-state index contributed by atoms with van der Waals surface area (Å²) in [5.74, 6) is 0.275. The van der Waals surface area contributed by atoms with Gasteiger partial charge in [0, 0.05) is 18.4 Å². The number of carbonyl (C=O) groups excluding carboxylic acids is 1. The number of nitrogens with one attached hydrogen (secondary N) is 3. The van der Waals surface area contributed by atoms with Gasteiger partial charge in [0.1, 0.15) is 5.69 Å². The molecular formula is C17H18N6O2. The molecule has 2 aromatic heterocycles. The largest absolute Gasteiger partial charge is 0.332 e. The second-order valence-corrected chi connectivity index (χ2v) is 5.48. The Morgan fingerprint density at radius 1 is 1.36 bits per heavy atom. The molecule has 0 saturated carbocycles. The van der Waals surface area contributed by atoms with E-state index in [0.29, 0.717) is 0 Å². The van der Waals surface area contributed by atoms with Gasteiger partial charge in [0.25, 0.3) is 5.56 Å². The van der Waals surface area contributed by atoms with E-state index < -0.39 is 11.6 Å². The van der Waals surface area contributed by atoms with Gasteiger partial charge in [-0.15, -0.1) is 0 Å². The molecule has 0 aromatic carbocycles. The minimum Gasteiger partial charge on any atom is -0.332 e. The molecule has 2 aromatic rings. The van der Waals surface area contributed by atoms with Gasteiger partial charge < -0.3 is 10.6 Å². The first-order chi connectivity index (χ1) is 12.1. The number of anilines is 1. The lowest BCUT2D eigenvalue weighted by molar-refractivity contribution is 0.250. The van der Waals surface area contributed by atoms with Crippen molar-refractivity contribution in [1.82, 2.24) is 25.1 Å². The quantitative estimate of drug-likeness (QED) is 0.792. The summed E-state index contributed by atoms with van der Waals surface area (Å²) in [6.45, 7) is 1.89. The number of H-pyrrole nitrogens is 1. The fourth-order valence-corrected chi connectivity index (χ4v) is 2.35. The second kappa shape index (κ2) is 7.43. The maximum absolute atomic E-state index is 12.1. The summed E-state index contributed by atoms with van der Waals surface area (Å²) in [6, 6.07) is 1.08. The van der Waals surface area contributed by atoms with Crippen molar-refractivity contribution >= 4 is 11.7 Å². The van der Waals surface area contributed by atoms with Crippen LogP contribution in [0.5, 0.6) is 0 Å². The molecule has 3 N–H and O–H groups in total. The number of hydrogen-bond acceptors (Lipinski definition) is 4. The maximum Gasteiger partial charge on any atom is 0.319 e. The fourth-order valence-electron chi connectivity index (χ4n) is 2.35. The topological polar surface area (TPSA) is 105 Å². The third-order valence-electron chi connectivity index (χ3n) is 3.68. The summed E-state index contributed by atoms with van der Waals surface area (Å²) in [5.41, 5.74) is 0.680. The van der Waals surface area contributed by atoms with Crippen LogP contribution in [0.15, 0.2) is 65.4 Å². The van der Waals surface area contributed by atoms with Crippen LogP contribution in [0.4, 0.5) is 10.5 Å². The first kappa shape index (κ1) is 16.4. The van der Waals surface area contributed by atoms with Crippen LogP contribution in [0.3, 0.4) is 0 Å². The van der Waals surface area contributed by atoms with Crippen LogP contribution < -0.4 is 16.2 Å². The molecule has 1 aliphatic rings. The summed E-state index contributed by atoms with van der Waals surface area (Å²) in [7, 11) is 0. The van der Waals surface area contributed by atoms with Gasteiger partial charge in [0.05, 0.1) is 6.20 Å². The molecule has 1 atom stereocenters. The number of nitrogens with zero attached hydrogens (tertiary/aromatic N) is 3. The minimum atomic E-state index is -0.468. The molecule has 1 aliphatic carbocycles. The lowest BCUT2D eigenvalue weighted by Crippen LogP contribution is -2.38. The van der Waals surface area contributed by atoms with E-state index in [2.05, 4.69) is 25.7 Å². The smallest absolute Gasteiger partial charge is 0.319 e. The number of aromatic nitrogens is 4. The van der Waals surface area contributed by atoms with Crippen LogP contribution in [0.2, 0.25) is 0 Å². The molecule has 8 heteroatoms. The van der Waals surface area contributed by atoms with E-state index in [9.17, 15) is 9.59 Å². The van der Waals surface area contributed by atoms with Gasteiger partial charge in [-0.1, -0.05) is 30.4 Å². The first-order valence-corrected chi connectivity index (χ1v) is 7.82. The number of amides is 2. The summed E-state index contributed by atoms with van der Waals surface area (Å²) >= 11 is 0. The number of urea groups is 1. The van der Waals surface area contributed by atoms with Crippen molar-refractivity contribution < 1.29 is 4.79 Å². The summed E-state index contributed by atoms with van der Waals surface area (Å²) in [4.78, 5) is 30.9. The normalized spacial score (nSPS) is 14.5. The highest BCUT2D eigenvalue weighted by atomic mass is 16.2. The number of aromatic amines is 1. The number of hydrogen-bond donors (Lipinski definition) is 3. The van der Waals surface area contributed by atoms with Crippen molar-refractivity contribution in [3.05, 3.63) is 71.0 Å². The van der Waals surface area contributed by atoms with Crippen molar-refractivity contribution in [3.8, 4) is 5.95 Å². The van der Waals surface area contributed by atoms with Crippen molar-refractivity contribution in [2.75, 3.05) is 5.32 Å². The van der Waals surface area contributed by atoms with E-state index in [1.54, 1.807) is 18.5 Å². The Morgan fingerprint density at radius 3 is 3.00 bits per heavy atom. The van der Waals surface area contributed by atoms with Gasteiger partial charge in [0.2, 0.25) is 5.95 Å². The van der Waals surface area contributed by atoms with Crippen LogP contribution in [-0.4, -0.2) is 31.8 Å². The predicted molar refractivity (Wildman–Crippen MR) is 94.6 cm³/mol. The van der Waals surface area contributed by atoms with Crippen LogP contribution in [0.1, 0.15) is 13.3 Å². The molecule has 0 radical (unpaired) electrons. The van der Waals surface area contributed by atoms with E-state index in [1.165, 1.54) is 10.9 Å². The Morgan fingerprint density at radius 2 is 2.24 bits per heavy atom. The van der Waals surface area contributed by atoms with Crippen molar-refractivity contribution in [2.24, 2.45) is 0 Å². The number of rotatable bonds is 4. The third kappa shape index (κ3) is 4.11. The molecular weight excluding hydrogens is 320 g/mol. The van der Waals surface area contributed by atoms with Crippen molar-refractivity contribution in [1.29, 1.82) is 0 Å². The maximum atomic E-state index is 12.1. The zero-order valence-corrected chi connectivity index (χ0v) is 13.6. The lowest BCUT2D eigenvalue weighted by Gasteiger charge is -2.16. The second-order valence-electron chi connectivity index (χ2n) is 5.48. The van der Waals surface area contributed by atoms with Crippen LogP contribution in [-0.2, 0) is 0 Å². The molecule has 128 valence electrons. The first-order valence-electron chi connectivity index (χ1n) is 7.82. The van der Waals surface area contributed by atoms with Gasteiger partial charge in [-0.3, -0.25) is 9.78 Å². The van der Waals surface area contributed by atoms with E-state index >= 15 is 0 Å². The highest BCUT2D eigenvalue weighted by Crippen LogP contribution is 2.11. The zero-order valence-electron chi connectivity index (χ0n) is 13.6. The van der Waals surface area contributed by atoms with Gasteiger partial charge in [-0.05, 0) is 25.0 Å². The summed E-state index contributed by atoms with van der Waals surface area (Å²) in [5, 5.41) is 9.31. The van der Waals surface area contributed by atoms with E-state index in [0.717, 1.165) is 12.0 Å². The zero-order chi connectivity index (χ0) is 17.6. The van der Waals surface area contributed by atoms with E-state index in [-0.39, 0.29) is 17.7 Å². The molecule has 2 amide bonds. The standard InChI is InChI=1S/C17H18N6O2/c1-12(13-7-4-2-3-5-8-13)20-17(25)21-14-11-18-16(22-15(14)24)23-10-6-9-19-23/h2-7,9-12H,8H2,1H3,(H,18,22,24)(H2,20,21,25). The molecule has 3 rings (SSSR count). The SMILES string of the molecule is CC(NC(=O)Nc1cnc(-n2cccn2)[nH]c1=O)C1=CC=CC=CC1. The molecule has 0 spiro atoms. The monoisotopic (exact) mass is 338 g/mol. The van der Waals surface area contributed by atoms with Gasteiger partial charge in [-0.25, -0.2) is 14.5 Å². The Balaban J connectivity index is 1.65. The van der Waals surface area contributed by atoms with E-state index in [1.807, 2.05) is 37.3 Å². The average molecular weight is 338 g/mol. The van der Waals surface area contributed by atoms with Crippen molar-refractivity contribution in [2.45, 2.75) is 19.4 Å². The minimum absolute atomic E-state index is 0.0650. The summed E-state index contributed by atoms with van der Waals surface area (Å²) < 4.78 is 1.42.